The summed E-state index contributed by atoms with van der Waals surface area (Å²) in [7, 11) is 1.51. The summed E-state index contributed by atoms with van der Waals surface area (Å²) >= 11 is 0. The topological polar surface area (TPSA) is 166 Å². The lowest BCUT2D eigenvalue weighted by atomic mass is 9.97. The van der Waals surface area contributed by atoms with Crippen molar-refractivity contribution in [3.63, 3.8) is 0 Å². The number of amides is 3. The molecule has 4 rings (SSSR count). The van der Waals surface area contributed by atoms with E-state index < -0.39 is 12.0 Å². The molecule has 11 nitrogen and oxygen atoms in total. The van der Waals surface area contributed by atoms with Crippen LogP contribution in [0.15, 0.2) is 48.5 Å². The highest BCUT2D eigenvalue weighted by atomic mass is 16.5. The number of nitrogen functional groups attached to an aromatic ring is 1. The Balaban J connectivity index is 1.53. The van der Waals surface area contributed by atoms with Crippen molar-refractivity contribution in [1.82, 2.24) is 20.0 Å². The number of nitrogens with zero attached hydrogens (tertiary/aromatic N) is 3. The summed E-state index contributed by atoms with van der Waals surface area (Å²) < 4.78 is 6.89. The summed E-state index contributed by atoms with van der Waals surface area (Å²) in [6, 6.07) is 14.3. The number of methoxy groups -OCH3 is 1. The van der Waals surface area contributed by atoms with Crippen LogP contribution in [0.4, 0.5) is 10.6 Å². The van der Waals surface area contributed by atoms with Crippen LogP contribution >= 0.6 is 0 Å². The highest BCUT2D eigenvalue weighted by Gasteiger charge is 2.27. The fraction of sp³-hybridized carbons (Fsp3) is 0.308. The van der Waals surface area contributed by atoms with E-state index in [4.69, 9.17) is 16.2 Å². The van der Waals surface area contributed by atoms with Crippen molar-refractivity contribution in [2.45, 2.75) is 25.9 Å². The number of benzene rings is 2. The maximum Gasteiger partial charge on any atom is 0.407 e. The number of anilines is 1. The minimum atomic E-state index is -0.948. The average molecular weight is 507 g/mol. The summed E-state index contributed by atoms with van der Waals surface area (Å²) in [6.45, 7) is 1.56. The Morgan fingerprint density at radius 3 is 2.57 bits per heavy atom. The molecule has 194 valence electrons. The van der Waals surface area contributed by atoms with Crippen molar-refractivity contribution >= 4 is 23.7 Å². The Bertz CT molecular complexity index is 1300. The summed E-state index contributed by atoms with van der Waals surface area (Å²) in [5.74, 6) is -0.409. The van der Waals surface area contributed by atoms with Gasteiger partial charge in [0.1, 0.15) is 11.3 Å². The summed E-state index contributed by atoms with van der Waals surface area (Å²) in [6.07, 6.45) is 0.636. The van der Waals surface area contributed by atoms with Crippen LogP contribution in [-0.4, -0.2) is 57.9 Å². The van der Waals surface area contributed by atoms with Crippen molar-refractivity contribution in [3.8, 4) is 17.0 Å². The third kappa shape index (κ3) is 5.66. The molecule has 0 bridgehead atoms. The van der Waals surface area contributed by atoms with Crippen LogP contribution in [-0.2, 0) is 13.1 Å². The zero-order valence-electron chi connectivity index (χ0n) is 20.5. The van der Waals surface area contributed by atoms with Gasteiger partial charge in [0, 0.05) is 31.7 Å². The fourth-order valence-corrected chi connectivity index (χ4v) is 4.67. The Morgan fingerprint density at radius 1 is 1.16 bits per heavy atom. The average Bonchev–Trinajstić information content (AvgIpc) is 3.23. The molecule has 1 aliphatic heterocycles. The van der Waals surface area contributed by atoms with Gasteiger partial charge in [-0.1, -0.05) is 36.4 Å². The monoisotopic (exact) mass is 506 g/mol. The lowest BCUT2D eigenvalue weighted by Gasteiger charge is -2.31. The number of likely N-dealkylation sites (tertiary alicyclic amines) is 1. The zero-order chi connectivity index (χ0) is 26.5. The molecule has 0 aliphatic carbocycles. The quantitative estimate of drug-likeness (QED) is 0.364. The van der Waals surface area contributed by atoms with Crippen molar-refractivity contribution in [2.75, 3.05) is 25.9 Å². The number of hydrogen-bond donors (Lipinski definition) is 4. The summed E-state index contributed by atoms with van der Waals surface area (Å²) in [4.78, 5) is 37.6. The highest BCUT2D eigenvalue weighted by Crippen LogP contribution is 2.30. The Labute approximate surface area is 214 Å². The second kappa shape index (κ2) is 11.0. The van der Waals surface area contributed by atoms with E-state index in [1.54, 1.807) is 28.9 Å². The molecule has 6 N–H and O–H groups in total. The standard InChI is InChI=1S/C26H30N6O5/c1-37-20-7-3-2-6-19(20)25(34)29-13-16-8-10-18(11-9-16)22-21(24(28)33)23(27)30-32(22)15-17-5-4-12-31(14-17)26(35)36/h2-3,6-11,17H,4-5,12-15H2,1H3,(H2,27,30)(H2,28,33)(H,29,34)(H,35,36)/t17-/m0/s1. The molecule has 0 saturated carbocycles. The molecular weight excluding hydrogens is 476 g/mol. The van der Waals surface area contributed by atoms with Crippen molar-refractivity contribution in [3.05, 3.63) is 65.2 Å². The van der Waals surface area contributed by atoms with E-state index in [9.17, 15) is 19.5 Å². The highest BCUT2D eigenvalue weighted by molar-refractivity contribution is 6.03. The molecule has 0 unspecified atom stereocenters. The van der Waals surface area contributed by atoms with Crippen molar-refractivity contribution in [2.24, 2.45) is 11.7 Å². The number of primary amides is 1. The summed E-state index contributed by atoms with van der Waals surface area (Å²) in [5.41, 5.74) is 14.3. The maximum atomic E-state index is 12.6. The number of ether oxygens (including phenoxy) is 1. The second-order valence-electron chi connectivity index (χ2n) is 8.97. The molecule has 1 fully saturated rings. The van der Waals surface area contributed by atoms with E-state index >= 15 is 0 Å². The maximum absolute atomic E-state index is 12.6. The largest absolute Gasteiger partial charge is 0.496 e. The van der Waals surface area contributed by atoms with Gasteiger partial charge in [-0.05, 0) is 36.5 Å². The number of rotatable bonds is 8. The molecule has 3 aromatic rings. The normalized spacial score (nSPS) is 15.3. The molecule has 37 heavy (non-hydrogen) atoms. The zero-order valence-corrected chi connectivity index (χ0v) is 20.5. The minimum Gasteiger partial charge on any atom is -0.496 e. The first-order valence-electron chi connectivity index (χ1n) is 11.9. The molecule has 0 spiro atoms. The molecule has 1 aliphatic rings. The molecule has 2 aromatic carbocycles. The van der Waals surface area contributed by atoms with Gasteiger partial charge >= 0.3 is 6.09 Å². The van der Waals surface area contributed by atoms with E-state index in [1.807, 2.05) is 24.3 Å². The third-order valence-corrected chi connectivity index (χ3v) is 6.48. The number of carboxylic acid groups (broad SMARTS) is 1. The smallest absolute Gasteiger partial charge is 0.407 e. The number of hydrogen-bond acceptors (Lipinski definition) is 6. The predicted molar refractivity (Wildman–Crippen MR) is 137 cm³/mol. The van der Waals surface area contributed by atoms with Crippen LogP contribution in [0.3, 0.4) is 0 Å². The van der Waals surface area contributed by atoms with E-state index in [0.29, 0.717) is 42.2 Å². The third-order valence-electron chi connectivity index (χ3n) is 6.48. The lowest BCUT2D eigenvalue weighted by molar-refractivity contribution is 0.0946. The number of carbonyl (C=O) groups is 3. The number of para-hydroxylation sites is 1. The Hall–Kier alpha value is -4.54. The van der Waals surface area contributed by atoms with Gasteiger partial charge in [0.25, 0.3) is 11.8 Å². The first-order valence-corrected chi connectivity index (χ1v) is 11.9. The van der Waals surface area contributed by atoms with Crippen LogP contribution in [0, 0.1) is 5.92 Å². The van der Waals surface area contributed by atoms with Gasteiger partial charge < -0.3 is 31.5 Å². The SMILES string of the molecule is COc1ccccc1C(=O)NCc1ccc(-c2c(C(N)=O)c(N)nn2C[C@H]2CCCN(C(=O)O)C2)cc1. The number of carbonyl (C=O) groups excluding carboxylic acids is 2. The number of nitrogens with two attached hydrogens (primary N) is 2. The fourth-order valence-electron chi connectivity index (χ4n) is 4.67. The van der Waals surface area contributed by atoms with Gasteiger partial charge in [-0.3, -0.25) is 14.3 Å². The number of aromatic nitrogens is 2. The molecule has 1 atom stereocenters. The first kappa shape index (κ1) is 25.5. The van der Waals surface area contributed by atoms with Gasteiger partial charge in [-0.2, -0.15) is 5.10 Å². The van der Waals surface area contributed by atoms with Crippen LogP contribution < -0.4 is 21.5 Å². The predicted octanol–water partition coefficient (Wildman–Crippen LogP) is 2.56. The van der Waals surface area contributed by atoms with E-state index in [2.05, 4.69) is 10.4 Å². The van der Waals surface area contributed by atoms with E-state index in [1.165, 1.54) is 12.0 Å². The van der Waals surface area contributed by atoms with E-state index in [-0.39, 0.29) is 29.8 Å². The minimum absolute atomic E-state index is 0.0214. The molecule has 1 aromatic heterocycles. The Morgan fingerprint density at radius 2 is 1.89 bits per heavy atom. The number of piperidine rings is 1. The van der Waals surface area contributed by atoms with Crippen molar-refractivity contribution in [1.29, 1.82) is 0 Å². The van der Waals surface area contributed by atoms with Crippen LogP contribution in [0.2, 0.25) is 0 Å². The Kier molecular flexibility index (Phi) is 7.61. The molecule has 11 heteroatoms. The molecule has 2 heterocycles. The van der Waals surface area contributed by atoms with Gasteiger partial charge in [0.05, 0.1) is 18.4 Å². The molecule has 3 amide bonds. The van der Waals surface area contributed by atoms with Gasteiger partial charge in [-0.15, -0.1) is 0 Å². The second-order valence-corrected chi connectivity index (χ2v) is 8.97. The van der Waals surface area contributed by atoms with Crippen LogP contribution in [0.5, 0.6) is 5.75 Å². The number of nitrogens with one attached hydrogen (secondary N) is 1. The van der Waals surface area contributed by atoms with Gasteiger partial charge in [0.2, 0.25) is 0 Å². The molecular formula is C26H30N6O5. The lowest BCUT2D eigenvalue weighted by Crippen LogP contribution is -2.40. The van der Waals surface area contributed by atoms with Crippen molar-refractivity contribution < 1.29 is 24.2 Å². The van der Waals surface area contributed by atoms with Gasteiger partial charge in [0.15, 0.2) is 5.82 Å². The van der Waals surface area contributed by atoms with E-state index in [0.717, 1.165) is 18.4 Å². The van der Waals surface area contributed by atoms with Gasteiger partial charge in [-0.25, -0.2) is 4.79 Å². The molecule has 1 saturated heterocycles. The summed E-state index contributed by atoms with van der Waals surface area (Å²) in [5, 5.41) is 16.6. The first-order chi connectivity index (χ1) is 17.8. The van der Waals surface area contributed by atoms with Crippen LogP contribution in [0.1, 0.15) is 39.1 Å². The molecule has 0 radical (unpaired) electrons. The van der Waals surface area contributed by atoms with Crippen LogP contribution in [0.25, 0.3) is 11.3 Å².